The second-order valence-electron chi connectivity index (χ2n) is 5.34. The fourth-order valence-corrected chi connectivity index (χ4v) is 2.57. The number of rotatable bonds is 7. The molecule has 3 rings (SSSR count). The van der Waals surface area contributed by atoms with E-state index in [0.717, 1.165) is 22.3 Å². The maximum Gasteiger partial charge on any atom is 0.316 e. The molecule has 0 radical (unpaired) electrons. The molecule has 0 unspecified atom stereocenters. The summed E-state index contributed by atoms with van der Waals surface area (Å²) >= 11 is 3.44. The molecule has 2 amide bonds. The normalized spacial score (nSPS) is 10.3. The van der Waals surface area contributed by atoms with E-state index >= 15 is 0 Å². The van der Waals surface area contributed by atoms with Gasteiger partial charge < -0.3 is 26.7 Å². The van der Waals surface area contributed by atoms with Gasteiger partial charge in [-0.05, 0) is 34.1 Å². The minimum absolute atomic E-state index is 0.425. The number of benzene rings is 1. The van der Waals surface area contributed by atoms with E-state index in [-0.39, 0.29) is 0 Å². The minimum atomic E-state index is -0.620. The van der Waals surface area contributed by atoms with Gasteiger partial charge in [0, 0.05) is 42.4 Å². The third-order valence-corrected chi connectivity index (χ3v) is 3.95. The molecule has 9 nitrogen and oxygen atoms in total. The number of carbonyl (C=O) groups is 1. The molecule has 0 saturated carbocycles. The summed E-state index contributed by atoms with van der Waals surface area (Å²) in [7, 11) is 0. The molecule has 0 aliphatic carbocycles. The molecule has 6 N–H and O–H groups in total. The summed E-state index contributed by atoms with van der Waals surface area (Å²) < 4.78 is 0.761. The van der Waals surface area contributed by atoms with Crippen molar-refractivity contribution in [2.24, 2.45) is 5.73 Å². The summed E-state index contributed by atoms with van der Waals surface area (Å²) in [6.45, 7) is 0.690. The van der Waals surface area contributed by atoms with Crippen LogP contribution in [0.4, 0.5) is 27.9 Å². The Balaban J connectivity index is 1.66. The van der Waals surface area contributed by atoms with Gasteiger partial charge in [-0.3, -0.25) is 0 Å². The van der Waals surface area contributed by atoms with Crippen molar-refractivity contribution in [2.45, 2.75) is 6.42 Å². The Hall–Kier alpha value is -3.14. The van der Waals surface area contributed by atoms with Gasteiger partial charge in [-0.1, -0.05) is 6.07 Å². The molecule has 2 heterocycles. The second-order valence-corrected chi connectivity index (χ2v) is 6.19. The number of hydrogen-bond donors (Lipinski definition) is 5. The SMILES string of the molecule is NC(=O)Nc1cccc(Nc2ncc(Br)c(NCCc3cnc[nH]3)n2)c1. The highest BCUT2D eigenvalue weighted by molar-refractivity contribution is 9.10. The van der Waals surface area contributed by atoms with Crippen LogP contribution in [0, 0.1) is 0 Å². The van der Waals surface area contributed by atoms with Crippen LogP contribution in [0.3, 0.4) is 0 Å². The van der Waals surface area contributed by atoms with Crippen LogP contribution in [-0.4, -0.2) is 32.5 Å². The van der Waals surface area contributed by atoms with Gasteiger partial charge in [0.05, 0.1) is 10.8 Å². The predicted molar refractivity (Wildman–Crippen MR) is 103 cm³/mol. The molecule has 10 heteroatoms. The molecule has 2 aromatic heterocycles. The number of urea groups is 1. The quantitative estimate of drug-likeness (QED) is 0.402. The van der Waals surface area contributed by atoms with Crippen molar-refractivity contribution in [1.29, 1.82) is 0 Å². The number of imidazole rings is 1. The molecule has 0 fully saturated rings. The Kier molecular flexibility index (Phi) is 5.64. The van der Waals surface area contributed by atoms with E-state index in [1.807, 2.05) is 6.07 Å². The van der Waals surface area contributed by atoms with Gasteiger partial charge in [0.1, 0.15) is 5.82 Å². The average molecular weight is 417 g/mol. The number of aromatic nitrogens is 4. The zero-order valence-electron chi connectivity index (χ0n) is 13.7. The number of nitrogens with two attached hydrogens (primary N) is 1. The number of primary amides is 1. The lowest BCUT2D eigenvalue weighted by Gasteiger charge is -2.11. The van der Waals surface area contributed by atoms with Gasteiger partial charge in [0.25, 0.3) is 0 Å². The number of amides is 2. The monoisotopic (exact) mass is 416 g/mol. The molecule has 134 valence electrons. The van der Waals surface area contributed by atoms with Crippen molar-refractivity contribution < 1.29 is 4.79 Å². The van der Waals surface area contributed by atoms with Gasteiger partial charge in [-0.2, -0.15) is 4.98 Å². The van der Waals surface area contributed by atoms with E-state index in [9.17, 15) is 4.79 Å². The lowest BCUT2D eigenvalue weighted by atomic mass is 10.3. The molecule has 0 aliphatic heterocycles. The third-order valence-electron chi connectivity index (χ3n) is 3.37. The van der Waals surface area contributed by atoms with Crippen molar-refractivity contribution in [2.75, 3.05) is 22.5 Å². The fourth-order valence-electron chi connectivity index (χ4n) is 2.23. The van der Waals surface area contributed by atoms with Crippen LogP contribution in [0.15, 0.2) is 47.5 Å². The summed E-state index contributed by atoms with van der Waals surface area (Å²) in [6.07, 6.45) is 5.90. The second kappa shape index (κ2) is 8.30. The number of carbonyl (C=O) groups excluding carboxylic acids is 1. The number of hydrogen-bond acceptors (Lipinski definition) is 6. The van der Waals surface area contributed by atoms with E-state index in [4.69, 9.17) is 5.73 Å². The Bertz CT molecular complexity index is 884. The highest BCUT2D eigenvalue weighted by atomic mass is 79.9. The van der Waals surface area contributed by atoms with Gasteiger partial charge in [0.2, 0.25) is 5.95 Å². The lowest BCUT2D eigenvalue weighted by molar-refractivity contribution is 0.259. The first-order valence-corrected chi connectivity index (χ1v) is 8.56. The smallest absolute Gasteiger partial charge is 0.316 e. The number of H-pyrrole nitrogens is 1. The van der Waals surface area contributed by atoms with Crippen LogP contribution in [0.2, 0.25) is 0 Å². The average Bonchev–Trinajstić information content (AvgIpc) is 3.11. The first kappa shape index (κ1) is 17.7. The van der Waals surface area contributed by atoms with Crippen molar-refractivity contribution in [3.8, 4) is 0 Å². The van der Waals surface area contributed by atoms with E-state index in [1.165, 1.54) is 0 Å². The van der Waals surface area contributed by atoms with Crippen LogP contribution in [-0.2, 0) is 6.42 Å². The first-order chi connectivity index (χ1) is 12.6. The molecule has 26 heavy (non-hydrogen) atoms. The summed E-state index contributed by atoms with van der Waals surface area (Å²) in [5.41, 5.74) is 7.48. The van der Waals surface area contributed by atoms with E-state index in [0.29, 0.717) is 24.0 Å². The summed E-state index contributed by atoms with van der Waals surface area (Å²) in [4.78, 5) is 26.7. The molecule has 0 aliphatic rings. The maximum atomic E-state index is 11.0. The zero-order valence-corrected chi connectivity index (χ0v) is 15.2. The highest BCUT2D eigenvalue weighted by Gasteiger charge is 2.06. The Labute approximate surface area is 158 Å². The molecule has 0 spiro atoms. The lowest BCUT2D eigenvalue weighted by Crippen LogP contribution is -2.19. The first-order valence-electron chi connectivity index (χ1n) is 7.77. The number of nitrogens with one attached hydrogen (secondary N) is 4. The topological polar surface area (TPSA) is 134 Å². The number of aromatic amines is 1. The standard InChI is InChI=1S/C16H17BrN8O/c17-13-8-21-16(24-11-3-1-2-10(6-11)23-15(18)26)25-14(13)20-5-4-12-7-19-9-22-12/h1-3,6-9H,4-5H2,(H,19,22)(H3,18,23,26)(H2,20,21,24,25). The van der Waals surface area contributed by atoms with Crippen molar-refractivity contribution >= 4 is 45.1 Å². The van der Waals surface area contributed by atoms with Crippen molar-refractivity contribution in [3.63, 3.8) is 0 Å². The number of anilines is 4. The molecular formula is C16H17BrN8O. The van der Waals surface area contributed by atoms with Crippen LogP contribution < -0.4 is 21.7 Å². The van der Waals surface area contributed by atoms with Gasteiger partial charge >= 0.3 is 6.03 Å². The number of halogens is 1. The summed E-state index contributed by atoms with van der Waals surface area (Å²) in [5.74, 6) is 1.10. The highest BCUT2D eigenvalue weighted by Crippen LogP contribution is 2.23. The third kappa shape index (κ3) is 4.93. The Morgan fingerprint density at radius 2 is 2.12 bits per heavy atom. The molecule has 3 aromatic rings. The summed E-state index contributed by atoms with van der Waals surface area (Å²) in [6, 6.07) is 6.48. The van der Waals surface area contributed by atoms with E-state index in [2.05, 4.69) is 51.8 Å². The van der Waals surface area contributed by atoms with Crippen LogP contribution in [0.25, 0.3) is 0 Å². The van der Waals surface area contributed by atoms with Crippen LogP contribution in [0.5, 0.6) is 0 Å². The zero-order chi connectivity index (χ0) is 18.4. The Morgan fingerprint density at radius 3 is 2.88 bits per heavy atom. The van der Waals surface area contributed by atoms with E-state index < -0.39 is 6.03 Å². The molecular weight excluding hydrogens is 400 g/mol. The minimum Gasteiger partial charge on any atom is -0.369 e. The van der Waals surface area contributed by atoms with E-state index in [1.54, 1.807) is 36.9 Å². The number of nitrogens with zero attached hydrogens (tertiary/aromatic N) is 3. The Morgan fingerprint density at radius 1 is 1.27 bits per heavy atom. The van der Waals surface area contributed by atoms with Crippen molar-refractivity contribution in [1.82, 2.24) is 19.9 Å². The largest absolute Gasteiger partial charge is 0.369 e. The van der Waals surface area contributed by atoms with Crippen LogP contribution in [0.1, 0.15) is 5.69 Å². The molecule has 0 bridgehead atoms. The molecule has 1 aromatic carbocycles. The maximum absolute atomic E-state index is 11.0. The van der Waals surface area contributed by atoms with Crippen molar-refractivity contribution in [3.05, 3.63) is 53.2 Å². The molecule has 0 saturated heterocycles. The fraction of sp³-hybridized carbons (Fsp3) is 0.125. The predicted octanol–water partition coefficient (Wildman–Crippen LogP) is 2.85. The molecule has 0 atom stereocenters. The van der Waals surface area contributed by atoms with Gasteiger partial charge in [-0.25, -0.2) is 14.8 Å². The van der Waals surface area contributed by atoms with Crippen LogP contribution >= 0.6 is 15.9 Å². The summed E-state index contributed by atoms with van der Waals surface area (Å²) in [5, 5.41) is 8.88. The van der Waals surface area contributed by atoms with Gasteiger partial charge in [-0.15, -0.1) is 0 Å². The van der Waals surface area contributed by atoms with Gasteiger partial charge in [0.15, 0.2) is 0 Å².